The Hall–Kier alpha value is -3.94. The number of aromatic hydroxyl groups is 2. The molecule has 0 bridgehead atoms. The first kappa shape index (κ1) is 17.5. The molecule has 2 aromatic carbocycles. The van der Waals surface area contributed by atoms with Crippen molar-refractivity contribution < 1.29 is 29.4 Å². The van der Waals surface area contributed by atoms with Crippen molar-refractivity contribution in [3.05, 3.63) is 65.7 Å². The molecule has 1 aromatic heterocycles. The molecule has 0 saturated heterocycles. The number of benzene rings is 2. The van der Waals surface area contributed by atoms with E-state index in [-0.39, 0.29) is 12.5 Å². The minimum absolute atomic E-state index is 0.0177. The van der Waals surface area contributed by atoms with Crippen LogP contribution < -0.4 is 10.2 Å². The van der Waals surface area contributed by atoms with Crippen LogP contribution in [-0.2, 0) is 9.53 Å². The van der Waals surface area contributed by atoms with Crippen molar-refractivity contribution in [1.29, 1.82) is 0 Å². The Labute approximate surface area is 159 Å². The van der Waals surface area contributed by atoms with Crippen LogP contribution in [0.15, 0.2) is 54.6 Å². The molecule has 0 spiro atoms. The molecular weight excluding hydrogens is 364 g/mol. The van der Waals surface area contributed by atoms with Crippen LogP contribution in [0.4, 0.5) is 10.5 Å². The van der Waals surface area contributed by atoms with Crippen LogP contribution in [0.3, 0.4) is 0 Å². The highest BCUT2D eigenvalue weighted by atomic mass is 16.8. The average molecular weight is 380 g/mol. The molecule has 0 radical (unpaired) electrons. The molecule has 1 aliphatic rings. The summed E-state index contributed by atoms with van der Waals surface area (Å²) in [6.07, 6.45) is -0.474. The molecule has 3 aromatic rings. The second-order valence-electron chi connectivity index (χ2n) is 6.20. The molecule has 1 aliphatic carbocycles. The highest BCUT2D eigenvalue weighted by molar-refractivity contribution is 5.82. The number of carbonyl (C=O) groups is 2. The summed E-state index contributed by atoms with van der Waals surface area (Å²) in [5.74, 6) is -1.12. The number of nitrogens with zero attached hydrogens (tertiary/aromatic N) is 1. The maximum atomic E-state index is 12.0. The normalized spacial score (nSPS) is 14.1. The molecule has 28 heavy (non-hydrogen) atoms. The van der Waals surface area contributed by atoms with Crippen molar-refractivity contribution in [3.8, 4) is 22.9 Å². The zero-order chi connectivity index (χ0) is 19.7. The molecule has 0 saturated carbocycles. The Balaban J connectivity index is 1.56. The summed E-state index contributed by atoms with van der Waals surface area (Å²) < 4.78 is 5.79. The lowest BCUT2D eigenvalue weighted by molar-refractivity contribution is -0.105. The maximum Gasteiger partial charge on any atom is 0.534 e. The Kier molecular flexibility index (Phi) is 4.36. The van der Waals surface area contributed by atoms with Gasteiger partial charge in [0.05, 0.1) is 0 Å². The zero-order valence-corrected chi connectivity index (χ0v) is 14.5. The molecule has 1 unspecified atom stereocenters. The molecule has 1 heterocycles. The fourth-order valence-electron chi connectivity index (χ4n) is 3.39. The van der Waals surface area contributed by atoms with E-state index >= 15 is 0 Å². The Bertz CT molecular complexity index is 1040. The molecule has 3 N–H and O–H groups in total. The summed E-state index contributed by atoms with van der Waals surface area (Å²) in [4.78, 5) is 27.6. The SMILES string of the molecule is O=CNc1ccc2c(c1)C(COC(=O)On1c(O)ccc1O)c1ccccc1-2. The van der Waals surface area contributed by atoms with Crippen LogP contribution >= 0.6 is 0 Å². The summed E-state index contributed by atoms with van der Waals surface area (Å²) in [7, 11) is 0. The number of fused-ring (bicyclic) bond motifs is 3. The van der Waals surface area contributed by atoms with Gasteiger partial charge in [0.15, 0.2) is 0 Å². The quantitative estimate of drug-likeness (QED) is 0.464. The summed E-state index contributed by atoms with van der Waals surface area (Å²) >= 11 is 0. The van der Waals surface area contributed by atoms with E-state index < -0.39 is 17.9 Å². The number of nitrogens with one attached hydrogen (secondary N) is 1. The molecule has 0 aliphatic heterocycles. The molecule has 1 amide bonds. The van der Waals surface area contributed by atoms with E-state index in [0.717, 1.165) is 22.3 Å². The lowest BCUT2D eigenvalue weighted by Gasteiger charge is -2.15. The van der Waals surface area contributed by atoms with Crippen LogP contribution in [0.5, 0.6) is 11.8 Å². The fraction of sp³-hybridized carbons (Fsp3) is 0.100. The van der Waals surface area contributed by atoms with Crippen molar-refractivity contribution in [2.24, 2.45) is 0 Å². The van der Waals surface area contributed by atoms with Crippen molar-refractivity contribution in [3.63, 3.8) is 0 Å². The Morgan fingerprint density at radius 1 is 1.04 bits per heavy atom. The highest BCUT2D eigenvalue weighted by Gasteiger charge is 2.30. The average Bonchev–Trinajstić information content (AvgIpc) is 3.18. The van der Waals surface area contributed by atoms with Gasteiger partial charge in [-0.1, -0.05) is 30.3 Å². The first-order chi connectivity index (χ1) is 13.6. The predicted molar refractivity (Wildman–Crippen MR) is 99.1 cm³/mol. The Morgan fingerprint density at radius 3 is 2.50 bits per heavy atom. The largest absolute Gasteiger partial charge is 0.534 e. The summed E-state index contributed by atoms with van der Waals surface area (Å²) in [5, 5.41) is 21.7. The molecular formula is C20H16N2O6. The van der Waals surface area contributed by atoms with E-state index in [1.54, 1.807) is 6.07 Å². The monoisotopic (exact) mass is 380 g/mol. The molecule has 4 rings (SSSR count). The van der Waals surface area contributed by atoms with E-state index in [9.17, 15) is 19.8 Å². The number of hydrogen-bond donors (Lipinski definition) is 3. The van der Waals surface area contributed by atoms with E-state index in [0.29, 0.717) is 16.8 Å². The lowest BCUT2D eigenvalue weighted by Crippen LogP contribution is -2.22. The van der Waals surface area contributed by atoms with Crippen molar-refractivity contribution in [1.82, 2.24) is 4.73 Å². The smallest absolute Gasteiger partial charge is 0.492 e. The predicted octanol–water partition coefficient (Wildman–Crippen LogP) is 2.85. The van der Waals surface area contributed by atoms with Gasteiger partial charge in [-0.15, -0.1) is 4.73 Å². The van der Waals surface area contributed by atoms with Gasteiger partial charge in [0, 0.05) is 23.7 Å². The number of amides is 1. The van der Waals surface area contributed by atoms with E-state index in [4.69, 9.17) is 9.57 Å². The van der Waals surface area contributed by atoms with Crippen molar-refractivity contribution >= 4 is 18.3 Å². The van der Waals surface area contributed by atoms with E-state index in [1.807, 2.05) is 36.4 Å². The van der Waals surface area contributed by atoms with Gasteiger partial charge in [-0.25, -0.2) is 4.79 Å². The van der Waals surface area contributed by atoms with E-state index in [2.05, 4.69) is 5.32 Å². The van der Waals surface area contributed by atoms with Crippen molar-refractivity contribution in [2.75, 3.05) is 11.9 Å². The second-order valence-corrected chi connectivity index (χ2v) is 6.20. The minimum Gasteiger partial charge on any atom is -0.492 e. The standard InChI is InChI=1S/C20H16N2O6/c23-11-21-12-5-6-15-13-3-1-2-4-14(13)17(16(15)9-12)10-27-20(26)28-22-18(24)7-8-19(22)25/h1-9,11,17,24-25H,10H2,(H,21,23). The number of rotatable bonds is 5. The summed E-state index contributed by atoms with van der Waals surface area (Å²) in [6.45, 7) is -0.0177. The van der Waals surface area contributed by atoms with Gasteiger partial charge in [0.25, 0.3) is 0 Å². The number of anilines is 1. The van der Waals surface area contributed by atoms with E-state index in [1.165, 1.54) is 12.1 Å². The lowest BCUT2D eigenvalue weighted by atomic mass is 9.97. The topological polar surface area (TPSA) is 110 Å². The van der Waals surface area contributed by atoms with Gasteiger partial charge in [0.1, 0.15) is 6.61 Å². The molecule has 1 atom stereocenters. The molecule has 8 heteroatoms. The van der Waals surface area contributed by atoms with Gasteiger partial charge in [-0.05, 0) is 34.4 Å². The third-order valence-corrected chi connectivity index (χ3v) is 4.61. The van der Waals surface area contributed by atoms with Crippen molar-refractivity contribution in [2.45, 2.75) is 5.92 Å². The van der Waals surface area contributed by atoms with Crippen LogP contribution in [-0.4, -0.2) is 34.1 Å². The third-order valence-electron chi connectivity index (χ3n) is 4.61. The van der Waals surface area contributed by atoms with Gasteiger partial charge < -0.3 is 20.3 Å². The molecule has 8 nitrogen and oxygen atoms in total. The van der Waals surface area contributed by atoms with Gasteiger partial charge in [-0.3, -0.25) is 9.63 Å². The van der Waals surface area contributed by atoms with Crippen LogP contribution in [0.2, 0.25) is 0 Å². The highest BCUT2D eigenvalue weighted by Crippen LogP contribution is 2.45. The van der Waals surface area contributed by atoms with Crippen LogP contribution in [0, 0.1) is 0 Å². The minimum atomic E-state index is -1.07. The first-order valence-electron chi connectivity index (χ1n) is 8.46. The Morgan fingerprint density at radius 2 is 1.75 bits per heavy atom. The number of carbonyl (C=O) groups excluding carboxylic acids is 2. The number of ether oxygens (including phenoxy) is 1. The van der Waals surface area contributed by atoms with Gasteiger partial charge in [-0.2, -0.15) is 0 Å². The zero-order valence-electron chi connectivity index (χ0n) is 14.5. The molecule has 0 fully saturated rings. The number of hydrogen-bond acceptors (Lipinski definition) is 6. The maximum absolute atomic E-state index is 12.0. The van der Waals surface area contributed by atoms with Gasteiger partial charge in [0.2, 0.25) is 18.2 Å². The van der Waals surface area contributed by atoms with Crippen LogP contribution in [0.25, 0.3) is 11.1 Å². The molecule has 142 valence electrons. The first-order valence-corrected chi connectivity index (χ1v) is 8.46. The number of aromatic nitrogens is 1. The fourth-order valence-corrected chi connectivity index (χ4v) is 3.39. The third kappa shape index (κ3) is 3.01. The van der Waals surface area contributed by atoms with Crippen LogP contribution in [0.1, 0.15) is 17.0 Å². The summed E-state index contributed by atoms with van der Waals surface area (Å²) in [5.41, 5.74) is 4.55. The summed E-state index contributed by atoms with van der Waals surface area (Å²) in [6, 6.07) is 15.7. The second kappa shape index (κ2) is 6.99. The van der Waals surface area contributed by atoms with Gasteiger partial charge >= 0.3 is 6.16 Å².